The zero-order valence-corrected chi connectivity index (χ0v) is 9.79. The molecule has 0 spiro atoms. The van der Waals surface area contributed by atoms with Gasteiger partial charge >= 0.3 is 11.9 Å². The molecular formula is C10H16O9. The molecule has 0 aromatic heterocycles. The van der Waals surface area contributed by atoms with Crippen LogP contribution in [0.25, 0.3) is 0 Å². The minimum absolute atomic E-state index is 0.486. The lowest BCUT2D eigenvalue weighted by Crippen LogP contribution is -2.64. The van der Waals surface area contributed by atoms with Crippen LogP contribution in [0.4, 0.5) is 0 Å². The summed E-state index contributed by atoms with van der Waals surface area (Å²) in [4.78, 5) is 21.5. The van der Waals surface area contributed by atoms with Crippen molar-refractivity contribution in [3.05, 3.63) is 0 Å². The maximum absolute atomic E-state index is 11.3. The van der Waals surface area contributed by atoms with Crippen molar-refractivity contribution in [2.24, 2.45) is 0 Å². The molecule has 0 heterocycles. The molecule has 9 heteroatoms. The minimum Gasteiger partial charge on any atom is -0.481 e. The van der Waals surface area contributed by atoms with Gasteiger partial charge in [-0.1, -0.05) is 0 Å². The van der Waals surface area contributed by atoms with Gasteiger partial charge in [0, 0.05) is 0 Å². The minimum atomic E-state index is -1.80. The van der Waals surface area contributed by atoms with Crippen LogP contribution in [0.5, 0.6) is 0 Å². The number of aliphatic hydroxyl groups is 5. The van der Waals surface area contributed by atoms with Gasteiger partial charge in [-0.05, 0) is 0 Å². The summed E-state index contributed by atoms with van der Waals surface area (Å²) in [5.74, 6) is -2.24. The molecule has 0 amide bonds. The molecule has 9 nitrogen and oxygen atoms in total. The van der Waals surface area contributed by atoms with Crippen LogP contribution in [0.2, 0.25) is 0 Å². The number of esters is 1. The molecule has 0 aliphatic heterocycles. The van der Waals surface area contributed by atoms with Crippen LogP contribution < -0.4 is 0 Å². The van der Waals surface area contributed by atoms with E-state index in [9.17, 15) is 35.1 Å². The van der Waals surface area contributed by atoms with Crippen molar-refractivity contribution in [1.29, 1.82) is 0 Å². The fourth-order valence-corrected chi connectivity index (χ4v) is 1.76. The number of carbonyl (C=O) groups is 2. The van der Waals surface area contributed by atoms with Gasteiger partial charge < -0.3 is 35.4 Å². The lowest BCUT2D eigenvalue weighted by molar-refractivity contribution is -0.233. The van der Waals surface area contributed by atoms with Gasteiger partial charge in [-0.3, -0.25) is 9.59 Å². The molecule has 1 saturated carbocycles. The van der Waals surface area contributed by atoms with E-state index in [0.717, 1.165) is 0 Å². The van der Waals surface area contributed by atoms with Crippen molar-refractivity contribution in [2.45, 2.75) is 49.5 Å². The summed E-state index contributed by atoms with van der Waals surface area (Å²) in [6.07, 6.45) is -11.6. The average Bonchev–Trinajstić information content (AvgIpc) is 2.36. The summed E-state index contributed by atoms with van der Waals surface area (Å²) in [6.45, 7) is 0. The lowest BCUT2D eigenvalue weighted by atomic mass is 9.85. The van der Waals surface area contributed by atoms with E-state index in [0.29, 0.717) is 0 Å². The SMILES string of the molecule is O=C(O)CCC(=O)O[C@H]1[C@H](O)[C@@H](O)[C@@H](O)[C@H](O)[C@@H]1O. The number of aliphatic hydroxyl groups excluding tert-OH is 5. The second-order valence-electron chi connectivity index (χ2n) is 4.30. The topological polar surface area (TPSA) is 165 Å². The molecular weight excluding hydrogens is 264 g/mol. The number of aliphatic carboxylic acids is 1. The summed E-state index contributed by atoms with van der Waals surface area (Å²) < 4.78 is 4.62. The summed E-state index contributed by atoms with van der Waals surface area (Å²) in [7, 11) is 0. The lowest BCUT2D eigenvalue weighted by Gasteiger charge is -2.41. The van der Waals surface area contributed by atoms with Crippen LogP contribution >= 0.6 is 0 Å². The first-order valence-electron chi connectivity index (χ1n) is 5.57. The smallest absolute Gasteiger partial charge is 0.306 e. The summed E-state index contributed by atoms with van der Waals surface area (Å²) in [5, 5.41) is 55.5. The van der Waals surface area contributed by atoms with Crippen molar-refractivity contribution in [3.63, 3.8) is 0 Å². The number of carboxylic acid groups (broad SMARTS) is 1. The van der Waals surface area contributed by atoms with Crippen LogP contribution in [0.1, 0.15) is 12.8 Å². The van der Waals surface area contributed by atoms with Gasteiger partial charge in [-0.25, -0.2) is 0 Å². The summed E-state index contributed by atoms with van der Waals surface area (Å²) >= 11 is 0. The number of carbonyl (C=O) groups excluding carboxylic acids is 1. The Kier molecular flexibility index (Phi) is 5.20. The number of rotatable bonds is 4. The normalized spacial score (nSPS) is 38.8. The van der Waals surface area contributed by atoms with Crippen molar-refractivity contribution >= 4 is 11.9 Å². The zero-order valence-electron chi connectivity index (χ0n) is 9.79. The molecule has 1 fully saturated rings. The van der Waals surface area contributed by atoms with Gasteiger partial charge in [0.05, 0.1) is 12.8 Å². The van der Waals surface area contributed by atoms with E-state index >= 15 is 0 Å². The molecule has 1 aliphatic carbocycles. The van der Waals surface area contributed by atoms with Crippen LogP contribution in [0.3, 0.4) is 0 Å². The Morgan fingerprint density at radius 2 is 1.21 bits per heavy atom. The quantitative estimate of drug-likeness (QED) is 0.287. The Labute approximate surface area is 107 Å². The number of carboxylic acids is 1. The Morgan fingerprint density at radius 1 is 0.789 bits per heavy atom. The molecule has 1 aliphatic rings. The Morgan fingerprint density at radius 3 is 1.63 bits per heavy atom. The van der Waals surface area contributed by atoms with Gasteiger partial charge in [0.15, 0.2) is 6.10 Å². The molecule has 0 aromatic rings. The van der Waals surface area contributed by atoms with E-state index in [4.69, 9.17) is 5.11 Å². The molecule has 0 saturated heterocycles. The molecule has 19 heavy (non-hydrogen) atoms. The van der Waals surface area contributed by atoms with Gasteiger partial charge in [-0.2, -0.15) is 0 Å². The number of ether oxygens (including phenoxy) is 1. The summed E-state index contributed by atoms with van der Waals surface area (Å²) in [6, 6.07) is 0. The predicted octanol–water partition coefficient (Wildman–Crippen LogP) is -3.42. The van der Waals surface area contributed by atoms with Crippen molar-refractivity contribution < 1.29 is 45.0 Å². The van der Waals surface area contributed by atoms with E-state index in [1.807, 2.05) is 0 Å². The van der Waals surface area contributed by atoms with E-state index in [1.165, 1.54) is 0 Å². The molecule has 0 unspecified atom stereocenters. The third-order valence-electron chi connectivity index (χ3n) is 2.88. The van der Waals surface area contributed by atoms with Gasteiger partial charge in [-0.15, -0.1) is 0 Å². The molecule has 0 radical (unpaired) electrons. The number of hydrogen-bond acceptors (Lipinski definition) is 8. The molecule has 0 bridgehead atoms. The molecule has 0 aromatic carbocycles. The maximum Gasteiger partial charge on any atom is 0.306 e. The molecule has 6 atom stereocenters. The fourth-order valence-electron chi connectivity index (χ4n) is 1.76. The van der Waals surface area contributed by atoms with Crippen LogP contribution in [-0.2, 0) is 14.3 Å². The third kappa shape index (κ3) is 3.61. The first-order chi connectivity index (χ1) is 8.75. The standard InChI is InChI=1S/C10H16O9/c11-3(12)1-2-4(13)19-10-8(17)6(15)5(14)7(16)9(10)18/h5-10,14-18H,1-2H2,(H,11,12)/t5-,6-,7-,8-,9+,10+/m0/s1. The highest BCUT2D eigenvalue weighted by molar-refractivity contribution is 5.76. The largest absolute Gasteiger partial charge is 0.481 e. The third-order valence-corrected chi connectivity index (χ3v) is 2.88. The predicted molar refractivity (Wildman–Crippen MR) is 56.8 cm³/mol. The molecule has 110 valence electrons. The van der Waals surface area contributed by atoms with Crippen LogP contribution in [-0.4, -0.2) is 79.2 Å². The molecule has 1 rings (SSSR count). The number of hydrogen-bond donors (Lipinski definition) is 6. The monoisotopic (exact) mass is 280 g/mol. The molecule has 6 N–H and O–H groups in total. The van der Waals surface area contributed by atoms with Crippen molar-refractivity contribution in [2.75, 3.05) is 0 Å². The Balaban J connectivity index is 2.65. The van der Waals surface area contributed by atoms with Gasteiger partial charge in [0.1, 0.15) is 30.5 Å². The van der Waals surface area contributed by atoms with E-state index in [2.05, 4.69) is 4.74 Å². The second-order valence-corrected chi connectivity index (χ2v) is 4.30. The van der Waals surface area contributed by atoms with Crippen LogP contribution in [0.15, 0.2) is 0 Å². The highest BCUT2D eigenvalue weighted by Gasteiger charge is 2.50. The van der Waals surface area contributed by atoms with Crippen molar-refractivity contribution in [3.8, 4) is 0 Å². The maximum atomic E-state index is 11.3. The van der Waals surface area contributed by atoms with E-state index < -0.39 is 61.4 Å². The van der Waals surface area contributed by atoms with E-state index in [-0.39, 0.29) is 0 Å². The fraction of sp³-hybridized carbons (Fsp3) is 0.800. The van der Waals surface area contributed by atoms with Crippen molar-refractivity contribution in [1.82, 2.24) is 0 Å². The average molecular weight is 280 g/mol. The second kappa shape index (κ2) is 6.26. The zero-order chi connectivity index (χ0) is 14.7. The highest BCUT2D eigenvalue weighted by Crippen LogP contribution is 2.24. The van der Waals surface area contributed by atoms with E-state index in [1.54, 1.807) is 0 Å². The van der Waals surface area contributed by atoms with Gasteiger partial charge in [0.25, 0.3) is 0 Å². The first-order valence-corrected chi connectivity index (χ1v) is 5.57. The first kappa shape index (κ1) is 15.8. The van der Waals surface area contributed by atoms with Crippen LogP contribution in [0, 0.1) is 0 Å². The summed E-state index contributed by atoms with van der Waals surface area (Å²) in [5.41, 5.74) is 0. The Bertz CT molecular complexity index is 328. The Hall–Kier alpha value is -1.26. The highest BCUT2D eigenvalue weighted by atomic mass is 16.6. The van der Waals surface area contributed by atoms with Gasteiger partial charge in [0.2, 0.25) is 0 Å².